The molecule has 0 spiro atoms. The predicted octanol–water partition coefficient (Wildman–Crippen LogP) is 2.24. The average molecular weight is 279 g/mol. The number of nitrogens with two attached hydrogens (primary N) is 1. The van der Waals surface area contributed by atoms with Gasteiger partial charge in [-0.1, -0.05) is 6.92 Å². The molecule has 1 aliphatic heterocycles. The minimum absolute atomic E-state index is 0.0174. The maximum absolute atomic E-state index is 11.7. The van der Waals surface area contributed by atoms with E-state index in [2.05, 4.69) is 11.4 Å². The molecule has 0 saturated carbocycles. The van der Waals surface area contributed by atoms with Gasteiger partial charge in [0, 0.05) is 25.5 Å². The summed E-state index contributed by atoms with van der Waals surface area (Å²) >= 11 is 1.28. The van der Waals surface area contributed by atoms with Crippen LogP contribution < -0.4 is 11.1 Å². The van der Waals surface area contributed by atoms with E-state index in [1.165, 1.54) is 11.3 Å². The average Bonchev–Trinajstić information content (AvgIpc) is 3.03. The molecule has 102 valence electrons. The third-order valence-electron chi connectivity index (χ3n) is 3.21. The summed E-state index contributed by atoms with van der Waals surface area (Å²) in [5.41, 5.74) is 6.58. The predicted molar refractivity (Wildman–Crippen MR) is 75.5 cm³/mol. The lowest BCUT2D eigenvalue weighted by Gasteiger charge is -2.08. The normalized spacial score (nSPS) is 18.2. The zero-order valence-electron chi connectivity index (χ0n) is 10.9. The zero-order valence-corrected chi connectivity index (χ0v) is 11.7. The standard InChI is InChI=1S/C13H17N3O2S/c1-2-10(17)12-11(15)9(5-14)13(19-12)16-6-8-3-4-18-7-8/h8,16H,2-4,6-7,15H2,1H3. The van der Waals surface area contributed by atoms with Crippen LogP contribution in [0.4, 0.5) is 10.7 Å². The maximum atomic E-state index is 11.7. The highest BCUT2D eigenvalue weighted by molar-refractivity contribution is 7.19. The number of hydrogen-bond acceptors (Lipinski definition) is 6. The van der Waals surface area contributed by atoms with Crippen LogP contribution in [0, 0.1) is 17.2 Å². The second-order valence-electron chi connectivity index (χ2n) is 4.55. The van der Waals surface area contributed by atoms with Crippen molar-refractivity contribution in [2.45, 2.75) is 19.8 Å². The SMILES string of the molecule is CCC(=O)c1sc(NCC2CCOC2)c(C#N)c1N. The molecule has 0 amide bonds. The van der Waals surface area contributed by atoms with Gasteiger partial charge in [0.05, 0.1) is 17.2 Å². The number of anilines is 2. The first-order valence-electron chi connectivity index (χ1n) is 6.34. The highest BCUT2D eigenvalue weighted by Crippen LogP contribution is 2.36. The number of nitrogen functional groups attached to an aromatic ring is 1. The van der Waals surface area contributed by atoms with Crippen molar-refractivity contribution < 1.29 is 9.53 Å². The van der Waals surface area contributed by atoms with E-state index < -0.39 is 0 Å². The van der Waals surface area contributed by atoms with Crippen LogP contribution in [0.25, 0.3) is 0 Å². The Morgan fingerprint density at radius 3 is 3.05 bits per heavy atom. The summed E-state index contributed by atoms with van der Waals surface area (Å²) in [6, 6.07) is 2.08. The fourth-order valence-electron chi connectivity index (χ4n) is 2.03. The van der Waals surface area contributed by atoms with E-state index >= 15 is 0 Å². The van der Waals surface area contributed by atoms with E-state index in [1.54, 1.807) is 6.92 Å². The molecule has 2 heterocycles. The van der Waals surface area contributed by atoms with Gasteiger partial charge in [-0.05, 0) is 6.42 Å². The third-order valence-corrected chi connectivity index (χ3v) is 4.41. The molecule has 1 aromatic heterocycles. The molecule has 1 fully saturated rings. The van der Waals surface area contributed by atoms with Crippen molar-refractivity contribution in [2.75, 3.05) is 30.8 Å². The van der Waals surface area contributed by atoms with Crippen molar-refractivity contribution in [3.63, 3.8) is 0 Å². The lowest BCUT2D eigenvalue weighted by atomic mass is 10.1. The third kappa shape index (κ3) is 2.88. The summed E-state index contributed by atoms with van der Waals surface area (Å²) in [5, 5.41) is 13.1. The number of carbonyl (C=O) groups is 1. The molecule has 0 radical (unpaired) electrons. The number of ether oxygens (including phenoxy) is 1. The molecule has 1 atom stereocenters. The van der Waals surface area contributed by atoms with E-state index in [-0.39, 0.29) is 5.78 Å². The lowest BCUT2D eigenvalue weighted by Crippen LogP contribution is -2.13. The molecule has 1 aliphatic rings. The van der Waals surface area contributed by atoms with Crippen molar-refractivity contribution in [3.8, 4) is 6.07 Å². The largest absolute Gasteiger partial charge is 0.396 e. The van der Waals surface area contributed by atoms with Crippen LogP contribution in [0.1, 0.15) is 35.0 Å². The molecule has 1 unspecified atom stereocenters. The highest BCUT2D eigenvalue weighted by atomic mass is 32.1. The van der Waals surface area contributed by atoms with Gasteiger partial charge >= 0.3 is 0 Å². The van der Waals surface area contributed by atoms with E-state index in [0.29, 0.717) is 33.5 Å². The van der Waals surface area contributed by atoms with E-state index in [4.69, 9.17) is 15.7 Å². The Hall–Kier alpha value is -1.58. The first kappa shape index (κ1) is 13.8. The molecule has 5 nitrogen and oxygen atoms in total. The molecule has 2 rings (SSSR count). The van der Waals surface area contributed by atoms with E-state index in [9.17, 15) is 4.79 Å². The van der Waals surface area contributed by atoms with Crippen molar-refractivity contribution in [2.24, 2.45) is 5.92 Å². The minimum Gasteiger partial charge on any atom is -0.396 e. The van der Waals surface area contributed by atoms with E-state index in [1.807, 2.05) is 0 Å². The first-order chi connectivity index (χ1) is 9.17. The molecule has 0 aromatic carbocycles. The summed E-state index contributed by atoms with van der Waals surface area (Å²) in [5.74, 6) is 0.441. The fraction of sp³-hybridized carbons (Fsp3) is 0.538. The number of ketones is 1. The van der Waals surface area contributed by atoms with Crippen molar-refractivity contribution in [1.29, 1.82) is 5.26 Å². The van der Waals surface area contributed by atoms with Gasteiger partial charge in [0.15, 0.2) is 5.78 Å². The number of rotatable bonds is 5. The minimum atomic E-state index is -0.0174. The van der Waals surface area contributed by atoms with Gasteiger partial charge in [0.1, 0.15) is 16.6 Å². The summed E-state index contributed by atoms with van der Waals surface area (Å²) in [7, 11) is 0. The summed E-state index contributed by atoms with van der Waals surface area (Å²) < 4.78 is 5.31. The summed E-state index contributed by atoms with van der Waals surface area (Å²) in [6.07, 6.45) is 1.42. The number of nitrogens with one attached hydrogen (secondary N) is 1. The Labute approximate surface area is 116 Å². The van der Waals surface area contributed by atoms with E-state index in [0.717, 1.165) is 26.2 Å². The Morgan fingerprint density at radius 2 is 2.47 bits per heavy atom. The number of thiophene rings is 1. The van der Waals surface area contributed by atoms with Crippen molar-refractivity contribution in [3.05, 3.63) is 10.4 Å². The van der Waals surface area contributed by atoms with Gasteiger partial charge in [-0.15, -0.1) is 11.3 Å². The number of hydrogen-bond donors (Lipinski definition) is 2. The smallest absolute Gasteiger partial charge is 0.174 e. The molecule has 6 heteroatoms. The van der Waals surface area contributed by atoms with Gasteiger partial charge in [-0.2, -0.15) is 5.26 Å². The fourth-order valence-corrected chi connectivity index (χ4v) is 3.12. The highest BCUT2D eigenvalue weighted by Gasteiger charge is 2.21. The topological polar surface area (TPSA) is 88.1 Å². The second kappa shape index (κ2) is 6.04. The molecule has 3 N–H and O–H groups in total. The van der Waals surface area contributed by atoms with Crippen LogP contribution in [0.5, 0.6) is 0 Å². The second-order valence-corrected chi connectivity index (χ2v) is 5.57. The van der Waals surface area contributed by atoms with Crippen LogP contribution in [0.3, 0.4) is 0 Å². The molecular formula is C13H17N3O2S. The summed E-state index contributed by atoms with van der Waals surface area (Å²) in [6.45, 7) is 4.07. The Balaban J connectivity index is 2.15. The van der Waals surface area contributed by atoms with Crippen LogP contribution in [0.2, 0.25) is 0 Å². The lowest BCUT2D eigenvalue weighted by molar-refractivity contribution is 0.0993. The van der Waals surface area contributed by atoms with Crippen molar-refractivity contribution in [1.82, 2.24) is 0 Å². The molecule has 0 bridgehead atoms. The Kier molecular flexibility index (Phi) is 4.40. The van der Waals surface area contributed by atoms with Crippen LogP contribution in [-0.4, -0.2) is 25.5 Å². The molecule has 0 aliphatic carbocycles. The van der Waals surface area contributed by atoms with Gasteiger partial charge in [0.25, 0.3) is 0 Å². The number of nitriles is 1. The molecule has 1 saturated heterocycles. The number of Topliss-reactive ketones (excluding diaryl/α,β-unsaturated/α-hetero) is 1. The zero-order chi connectivity index (χ0) is 13.8. The van der Waals surface area contributed by atoms with Crippen LogP contribution >= 0.6 is 11.3 Å². The van der Waals surface area contributed by atoms with Gasteiger partial charge in [-0.3, -0.25) is 4.79 Å². The van der Waals surface area contributed by atoms with Gasteiger partial charge in [-0.25, -0.2) is 0 Å². The van der Waals surface area contributed by atoms with Crippen molar-refractivity contribution >= 4 is 27.8 Å². The Bertz CT molecular complexity index is 513. The molecule has 19 heavy (non-hydrogen) atoms. The Morgan fingerprint density at radius 1 is 1.68 bits per heavy atom. The maximum Gasteiger partial charge on any atom is 0.174 e. The first-order valence-corrected chi connectivity index (χ1v) is 7.16. The number of nitrogens with zero attached hydrogens (tertiary/aromatic N) is 1. The van der Waals surface area contributed by atoms with Gasteiger partial charge in [0.2, 0.25) is 0 Å². The summed E-state index contributed by atoms with van der Waals surface area (Å²) in [4.78, 5) is 12.2. The molecular weight excluding hydrogens is 262 g/mol. The monoisotopic (exact) mass is 279 g/mol. The molecule has 1 aromatic rings. The quantitative estimate of drug-likeness (QED) is 0.807. The van der Waals surface area contributed by atoms with Gasteiger partial charge < -0.3 is 15.8 Å². The number of carbonyl (C=O) groups excluding carboxylic acids is 1. The van der Waals surface area contributed by atoms with Crippen LogP contribution in [0.15, 0.2) is 0 Å². The van der Waals surface area contributed by atoms with Crippen LogP contribution in [-0.2, 0) is 4.74 Å².